The molecule has 0 amide bonds. The van der Waals surface area contributed by atoms with Gasteiger partial charge in [0.2, 0.25) is 0 Å². The minimum atomic E-state index is -0.843. The summed E-state index contributed by atoms with van der Waals surface area (Å²) in [5, 5.41) is 21.2. The fourth-order valence-electron chi connectivity index (χ4n) is 3.40. The average molecular weight is 387 g/mol. The van der Waals surface area contributed by atoms with Crippen LogP contribution in [0.3, 0.4) is 0 Å². The first-order valence-corrected chi connectivity index (χ1v) is 9.03. The van der Waals surface area contributed by atoms with Crippen molar-refractivity contribution in [2.45, 2.75) is 12.3 Å². The lowest BCUT2D eigenvalue weighted by Crippen LogP contribution is -2.18. The maximum atomic E-state index is 12.9. The van der Waals surface area contributed by atoms with E-state index in [9.17, 15) is 19.8 Å². The van der Waals surface area contributed by atoms with Crippen molar-refractivity contribution in [3.63, 3.8) is 0 Å². The Morgan fingerprint density at radius 2 is 1.69 bits per heavy atom. The van der Waals surface area contributed by atoms with E-state index in [0.29, 0.717) is 11.1 Å². The number of phenols is 1. The molecule has 0 fully saturated rings. The van der Waals surface area contributed by atoms with Crippen LogP contribution in [0.5, 0.6) is 11.5 Å². The fourth-order valence-corrected chi connectivity index (χ4v) is 3.40. The van der Waals surface area contributed by atoms with Gasteiger partial charge in [-0.1, -0.05) is 30.3 Å². The van der Waals surface area contributed by atoms with Crippen molar-refractivity contribution in [1.82, 2.24) is 4.98 Å². The van der Waals surface area contributed by atoms with E-state index in [1.807, 2.05) is 0 Å². The number of rotatable bonds is 5. The second kappa shape index (κ2) is 7.59. The minimum Gasteiger partial charge on any atom is -0.507 e. The van der Waals surface area contributed by atoms with E-state index in [4.69, 9.17) is 4.42 Å². The van der Waals surface area contributed by atoms with Crippen LogP contribution in [0.4, 0.5) is 0 Å². The van der Waals surface area contributed by atoms with Gasteiger partial charge in [-0.3, -0.25) is 9.78 Å². The summed E-state index contributed by atoms with van der Waals surface area (Å²) in [6.07, 6.45) is 1.37. The fraction of sp³-hybridized carbons (Fsp3) is 0.0870. The summed E-state index contributed by atoms with van der Waals surface area (Å²) in [6.45, 7) is 0. The van der Waals surface area contributed by atoms with Gasteiger partial charge in [-0.15, -0.1) is 0 Å². The Labute approximate surface area is 165 Å². The van der Waals surface area contributed by atoms with Crippen molar-refractivity contribution in [2.75, 3.05) is 0 Å². The number of nitrogens with zero attached hydrogens (tertiary/aromatic N) is 1. The van der Waals surface area contributed by atoms with E-state index in [2.05, 4.69) is 4.98 Å². The molecule has 1 unspecified atom stereocenters. The van der Waals surface area contributed by atoms with Gasteiger partial charge in [-0.25, -0.2) is 4.79 Å². The highest BCUT2D eigenvalue weighted by Gasteiger charge is 2.28. The largest absolute Gasteiger partial charge is 0.507 e. The molecule has 29 heavy (non-hydrogen) atoms. The predicted octanol–water partition coefficient (Wildman–Crippen LogP) is 4.00. The molecule has 0 aliphatic carbocycles. The summed E-state index contributed by atoms with van der Waals surface area (Å²) in [7, 11) is 0. The molecule has 4 aromatic rings. The first-order chi connectivity index (χ1) is 14.1. The minimum absolute atomic E-state index is 0.0360. The molecule has 0 bridgehead atoms. The summed E-state index contributed by atoms with van der Waals surface area (Å²) in [5.74, 6) is -1.61. The second-order valence-electron chi connectivity index (χ2n) is 6.60. The van der Waals surface area contributed by atoms with Gasteiger partial charge in [0.15, 0.2) is 5.78 Å². The highest BCUT2D eigenvalue weighted by molar-refractivity contribution is 5.99. The molecule has 0 saturated heterocycles. The molecule has 2 aromatic carbocycles. The molecule has 0 aliphatic rings. The molecule has 0 radical (unpaired) electrons. The zero-order chi connectivity index (χ0) is 20.4. The Kier molecular flexibility index (Phi) is 4.83. The van der Waals surface area contributed by atoms with E-state index in [-0.39, 0.29) is 40.4 Å². The molecule has 2 heterocycles. The maximum Gasteiger partial charge on any atom is 0.343 e. The van der Waals surface area contributed by atoms with Crippen molar-refractivity contribution in [2.24, 2.45) is 0 Å². The summed E-state index contributed by atoms with van der Waals surface area (Å²) < 4.78 is 5.38. The zero-order valence-electron chi connectivity index (χ0n) is 15.3. The Morgan fingerprint density at radius 3 is 2.45 bits per heavy atom. The van der Waals surface area contributed by atoms with E-state index in [0.717, 1.165) is 0 Å². The Balaban J connectivity index is 1.87. The summed E-state index contributed by atoms with van der Waals surface area (Å²) >= 11 is 0. The van der Waals surface area contributed by atoms with Crippen molar-refractivity contribution in [3.8, 4) is 11.5 Å². The molecule has 1 atom stereocenters. The zero-order valence-corrected chi connectivity index (χ0v) is 15.3. The number of hydrogen-bond donors (Lipinski definition) is 2. The first-order valence-electron chi connectivity index (χ1n) is 9.03. The monoisotopic (exact) mass is 387 g/mol. The number of carbonyl (C=O) groups excluding carboxylic acids is 1. The average Bonchev–Trinajstić information content (AvgIpc) is 2.74. The third kappa shape index (κ3) is 3.48. The molecule has 4 rings (SSSR count). The van der Waals surface area contributed by atoms with Gasteiger partial charge in [-0.05, 0) is 36.4 Å². The number of aromatic hydroxyl groups is 2. The van der Waals surface area contributed by atoms with E-state index in [1.54, 1.807) is 60.8 Å². The van der Waals surface area contributed by atoms with Crippen molar-refractivity contribution < 1.29 is 19.4 Å². The quantitative estimate of drug-likeness (QED) is 0.396. The molecular weight excluding hydrogens is 370 g/mol. The van der Waals surface area contributed by atoms with Gasteiger partial charge in [-0.2, -0.15) is 0 Å². The van der Waals surface area contributed by atoms with Crippen molar-refractivity contribution >= 4 is 16.8 Å². The normalized spacial score (nSPS) is 12.0. The molecule has 144 valence electrons. The Morgan fingerprint density at radius 1 is 0.966 bits per heavy atom. The van der Waals surface area contributed by atoms with E-state index in [1.165, 1.54) is 12.1 Å². The topological polar surface area (TPSA) is 101 Å². The number of pyridine rings is 1. The second-order valence-corrected chi connectivity index (χ2v) is 6.60. The third-order valence-corrected chi connectivity index (χ3v) is 4.81. The van der Waals surface area contributed by atoms with E-state index < -0.39 is 11.5 Å². The number of ketones is 1. The first kappa shape index (κ1) is 18.4. The van der Waals surface area contributed by atoms with Gasteiger partial charge < -0.3 is 14.6 Å². The number of Topliss-reactive ketones (excluding diaryl/α,β-unsaturated/α-hetero) is 1. The van der Waals surface area contributed by atoms with Gasteiger partial charge >= 0.3 is 5.63 Å². The summed E-state index contributed by atoms with van der Waals surface area (Å²) in [5.41, 5.74) is 0.0610. The lowest BCUT2D eigenvalue weighted by molar-refractivity contribution is 0.0974. The molecular formula is C23H17NO5. The molecule has 2 aromatic heterocycles. The Hall–Kier alpha value is -3.93. The van der Waals surface area contributed by atoms with Crippen LogP contribution in [0.2, 0.25) is 0 Å². The lowest BCUT2D eigenvalue weighted by atomic mass is 9.88. The smallest absolute Gasteiger partial charge is 0.343 e. The van der Waals surface area contributed by atoms with Crippen LogP contribution < -0.4 is 5.63 Å². The molecule has 6 nitrogen and oxygen atoms in total. The molecule has 2 N–H and O–H groups in total. The molecule has 0 aliphatic heterocycles. The van der Waals surface area contributed by atoms with Crippen molar-refractivity contribution in [3.05, 3.63) is 100 Å². The number of para-hydroxylation sites is 2. The van der Waals surface area contributed by atoms with E-state index >= 15 is 0 Å². The highest BCUT2D eigenvalue weighted by Crippen LogP contribution is 2.36. The molecule has 0 saturated carbocycles. The number of hydrogen-bond acceptors (Lipinski definition) is 6. The van der Waals surface area contributed by atoms with Crippen molar-refractivity contribution in [1.29, 1.82) is 0 Å². The SMILES string of the molecule is O=C(CC(c1ccccn1)c1c(O)c2ccccc2oc1=O)c1ccccc1O. The maximum absolute atomic E-state index is 12.9. The van der Waals surface area contributed by atoms with Crippen LogP contribution in [0.1, 0.15) is 34.0 Å². The standard InChI is InChI=1S/C23H17NO5/c25-18-10-3-1-7-14(18)19(26)13-16(17-9-5-6-12-24-17)21-22(27)15-8-2-4-11-20(15)29-23(21)28/h1-12,16,25,27H,13H2. The van der Waals surface area contributed by atoms with Gasteiger partial charge in [0, 0.05) is 24.2 Å². The number of aromatic nitrogens is 1. The Bertz CT molecular complexity index is 1250. The van der Waals surface area contributed by atoms with Crippen LogP contribution in [0.15, 0.2) is 82.1 Å². The number of carbonyl (C=O) groups is 1. The van der Waals surface area contributed by atoms with Gasteiger partial charge in [0.1, 0.15) is 17.1 Å². The van der Waals surface area contributed by atoms with Crippen LogP contribution in [0, 0.1) is 0 Å². The summed E-state index contributed by atoms with van der Waals surface area (Å²) in [6, 6.07) is 18.0. The number of benzene rings is 2. The highest BCUT2D eigenvalue weighted by atomic mass is 16.4. The number of fused-ring (bicyclic) bond motifs is 1. The number of phenolic OH excluding ortho intramolecular Hbond substituents is 1. The van der Waals surface area contributed by atoms with Crippen LogP contribution in [-0.4, -0.2) is 21.0 Å². The molecule has 0 spiro atoms. The third-order valence-electron chi connectivity index (χ3n) is 4.81. The van der Waals surface area contributed by atoms with Gasteiger partial charge in [0.05, 0.1) is 16.5 Å². The predicted molar refractivity (Wildman–Crippen MR) is 107 cm³/mol. The lowest BCUT2D eigenvalue weighted by Gasteiger charge is -2.17. The summed E-state index contributed by atoms with van der Waals surface area (Å²) in [4.78, 5) is 29.9. The van der Waals surface area contributed by atoms with Gasteiger partial charge in [0.25, 0.3) is 0 Å². The van der Waals surface area contributed by atoms with Crippen LogP contribution >= 0.6 is 0 Å². The van der Waals surface area contributed by atoms with Crippen LogP contribution in [0.25, 0.3) is 11.0 Å². The molecule has 6 heteroatoms. The van der Waals surface area contributed by atoms with Crippen LogP contribution in [-0.2, 0) is 0 Å².